The summed E-state index contributed by atoms with van der Waals surface area (Å²) in [4.78, 5) is 26.6. The number of pyridine rings is 1. The van der Waals surface area contributed by atoms with Crippen molar-refractivity contribution >= 4 is 17.6 Å². The normalized spacial score (nSPS) is 10.0. The highest BCUT2D eigenvalue weighted by molar-refractivity contribution is 5.93. The molecule has 0 aliphatic rings. The Labute approximate surface area is 116 Å². The van der Waals surface area contributed by atoms with E-state index in [4.69, 9.17) is 5.11 Å². The largest absolute Gasteiger partial charge is 0.478 e. The van der Waals surface area contributed by atoms with Gasteiger partial charge >= 0.3 is 5.97 Å². The average Bonchev–Trinajstić information content (AvgIpc) is 2.46. The highest BCUT2D eigenvalue weighted by atomic mass is 16.4. The van der Waals surface area contributed by atoms with E-state index in [2.05, 4.69) is 10.3 Å². The Hall–Kier alpha value is -2.69. The third-order valence-electron chi connectivity index (χ3n) is 2.76. The van der Waals surface area contributed by atoms with Crippen LogP contribution in [0.3, 0.4) is 0 Å². The molecule has 1 aromatic carbocycles. The zero-order valence-corrected chi connectivity index (χ0v) is 10.7. The lowest BCUT2D eigenvalue weighted by atomic mass is 10.1. The van der Waals surface area contributed by atoms with E-state index >= 15 is 0 Å². The summed E-state index contributed by atoms with van der Waals surface area (Å²) in [6, 6.07) is 9.90. The van der Waals surface area contributed by atoms with Gasteiger partial charge in [0.1, 0.15) is 0 Å². The minimum absolute atomic E-state index is 0.148. The molecule has 0 saturated carbocycles. The summed E-state index contributed by atoms with van der Waals surface area (Å²) in [5.41, 5.74) is 1.62. The molecule has 102 valence electrons. The molecule has 2 N–H and O–H groups in total. The molecule has 0 fully saturated rings. The molecule has 2 rings (SSSR count). The predicted octanol–water partition coefficient (Wildman–Crippen LogP) is 2.35. The van der Waals surface area contributed by atoms with Crippen molar-refractivity contribution < 1.29 is 14.7 Å². The summed E-state index contributed by atoms with van der Waals surface area (Å²) in [6.07, 6.45) is 4.32. The second-order valence-electron chi connectivity index (χ2n) is 4.30. The summed E-state index contributed by atoms with van der Waals surface area (Å²) in [5.74, 6) is -1.17. The van der Waals surface area contributed by atoms with Gasteiger partial charge in [0.05, 0.1) is 5.56 Å². The maximum absolute atomic E-state index is 11.8. The Morgan fingerprint density at radius 1 is 1.20 bits per heavy atom. The molecule has 0 atom stereocenters. The SMILES string of the molecule is O=C(CCc1cccnc1)Nc1cccc(C(=O)O)c1. The molecule has 1 amide bonds. The van der Waals surface area contributed by atoms with Crippen LogP contribution in [0.15, 0.2) is 48.8 Å². The van der Waals surface area contributed by atoms with Gasteiger partial charge in [-0.2, -0.15) is 0 Å². The lowest BCUT2D eigenvalue weighted by Gasteiger charge is -2.06. The molecule has 5 heteroatoms. The second kappa shape index (κ2) is 6.47. The standard InChI is InChI=1S/C15H14N2O3/c18-14(7-6-11-3-2-8-16-10-11)17-13-5-1-4-12(9-13)15(19)20/h1-5,8-10H,6-7H2,(H,17,18)(H,19,20). The number of hydrogen-bond acceptors (Lipinski definition) is 3. The Morgan fingerprint density at radius 3 is 2.75 bits per heavy atom. The van der Waals surface area contributed by atoms with Gasteiger partial charge in [0, 0.05) is 24.5 Å². The molecule has 1 heterocycles. The zero-order chi connectivity index (χ0) is 14.4. The first-order valence-electron chi connectivity index (χ1n) is 6.17. The van der Waals surface area contributed by atoms with Crippen LogP contribution in [-0.2, 0) is 11.2 Å². The van der Waals surface area contributed by atoms with Gasteiger partial charge < -0.3 is 10.4 Å². The lowest BCUT2D eigenvalue weighted by Crippen LogP contribution is -2.12. The van der Waals surface area contributed by atoms with E-state index in [0.717, 1.165) is 5.56 Å². The number of carboxylic acid groups (broad SMARTS) is 1. The van der Waals surface area contributed by atoms with Crippen molar-refractivity contribution in [2.75, 3.05) is 5.32 Å². The van der Waals surface area contributed by atoms with Gasteiger partial charge in [0.15, 0.2) is 0 Å². The molecule has 0 aliphatic heterocycles. The van der Waals surface area contributed by atoms with Gasteiger partial charge in [0.2, 0.25) is 5.91 Å². The first kappa shape index (κ1) is 13.7. The summed E-state index contributed by atoms with van der Waals surface area (Å²) in [6.45, 7) is 0. The second-order valence-corrected chi connectivity index (χ2v) is 4.30. The molecule has 1 aromatic heterocycles. The van der Waals surface area contributed by atoms with Crippen LogP contribution in [0.2, 0.25) is 0 Å². The number of aromatic carboxylic acids is 1. The van der Waals surface area contributed by atoms with E-state index < -0.39 is 5.97 Å². The van der Waals surface area contributed by atoms with E-state index in [1.54, 1.807) is 24.5 Å². The number of amides is 1. The van der Waals surface area contributed by atoms with Crippen LogP contribution in [0.25, 0.3) is 0 Å². The first-order chi connectivity index (χ1) is 9.65. The third kappa shape index (κ3) is 3.91. The maximum atomic E-state index is 11.8. The minimum atomic E-state index is -1.02. The molecule has 2 aromatic rings. The minimum Gasteiger partial charge on any atom is -0.478 e. The number of carbonyl (C=O) groups is 2. The van der Waals surface area contributed by atoms with Crippen LogP contribution in [0, 0.1) is 0 Å². The van der Waals surface area contributed by atoms with Crippen LogP contribution >= 0.6 is 0 Å². The van der Waals surface area contributed by atoms with Crippen molar-refractivity contribution in [1.29, 1.82) is 0 Å². The van der Waals surface area contributed by atoms with Crippen LogP contribution in [-0.4, -0.2) is 22.0 Å². The van der Waals surface area contributed by atoms with Crippen LogP contribution < -0.4 is 5.32 Å². The molecule has 0 spiro atoms. The van der Waals surface area contributed by atoms with Crippen molar-refractivity contribution in [2.45, 2.75) is 12.8 Å². The van der Waals surface area contributed by atoms with Gasteiger partial charge in [-0.1, -0.05) is 12.1 Å². The third-order valence-corrected chi connectivity index (χ3v) is 2.76. The molecular weight excluding hydrogens is 256 g/mol. The number of benzene rings is 1. The number of nitrogens with one attached hydrogen (secondary N) is 1. The fourth-order valence-electron chi connectivity index (χ4n) is 1.76. The van der Waals surface area contributed by atoms with Gasteiger partial charge in [0.25, 0.3) is 0 Å². The maximum Gasteiger partial charge on any atom is 0.335 e. The van der Waals surface area contributed by atoms with E-state index in [1.165, 1.54) is 12.1 Å². The number of hydrogen-bond donors (Lipinski definition) is 2. The number of anilines is 1. The van der Waals surface area contributed by atoms with Crippen molar-refractivity contribution in [3.63, 3.8) is 0 Å². The van der Waals surface area contributed by atoms with E-state index in [1.807, 2.05) is 12.1 Å². The van der Waals surface area contributed by atoms with Crippen LogP contribution in [0.1, 0.15) is 22.3 Å². The highest BCUT2D eigenvalue weighted by Crippen LogP contribution is 2.11. The quantitative estimate of drug-likeness (QED) is 0.874. The summed E-state index contributed by atoms with van der Waals surface area (Å²) >= 11 is 0. The van der Waals surface area contributed by atoms with Crippen molar-refractivity contribution in [3.05, 3.63) is 59.9 Å². The molecule has 0 saturated heterocycles. The smallest absolute Gasteiger partial charge is 0.335 e. The Morgan fingerprint density at radius 2 is 2.05 bits per heavy atom. The molecular formula is C15H14N2O3. The van der Waals surface area contributed by atoms with Crippen molar-refractivity contribution in [2.24, 2.45) is 0 Å². The van der Waals surface area contributed by atoms with E-state index in [-0.39, 0.29) is 11.5 Å². The molecule has 0 unspecified atom stereocenters. The van der Waals surface area contributed by atoms with Gasteiger partial charge in [-0.3, -0.25) is 9.78 Å². The van der Waals surface area contributed by atoms with Crippen LogP contribution in [0.4, 0.5) is 5.69 Å². The zero-order valence-electron chi connectivity index (χ0n) is 10.7. The molecule has 0 bridgehead atoms. The Bertz CT molecular complexity index is 612. The molecule has 0 radical (unpaired) electrons. The molecule has 20 heavy (non-hydrogen) atoms. The van der Waals surface area contributed by atoms with Gasteiger partial charge in [-0.05, 0) is 36.2 Å². The average molecular weight is 270 g/mol. The number of carboxylic acids is 1. The predicted molar refractivity (Wildman–Crippen MR) is 74.6 cm³/mol. The molecule has 5 nitrogen and oxygen atoms in total. The number of carbonyl (C=O) groups excluding carboxylic acids is 1. The van der Waals surface area contributed by atoms with E-state index in [0.29, 0.717) is 18.5 Å². The lowest BCUT2D eigenvalue weighted by molar-refractivity contribution is -0.116. The Balaban J connectivity index is 1.91. The number of aryl methyl sites for hydroxylation is 1. The molecule has 0 aliphatic carbocycles. The van der Waals surface area contributed by atoms with E-state index in [9.17, 15) is 9.59 Å². The number of nitrogens with zero attached hydrogens (tertiary/aromatic N) is 1. The Kier molecular flexibility index (Phi) is 4.44. The van der Waals surface area contributed by atoms with Gasteiger partial charge in [-0.25, -0.2) is 4.79 Å². The fourth-order valence-corrected chi connectivity index (χ4v) is 1.76. The summed E-state index contributed by atoms with van der Waals surface area (Å²) < 4.78 is 0. The topological polar surface area (TPSA) is 79.3 Å². The monoisotopic (exact) mass is 270 g/mol. The fraction of sp³-hybridized carbons (Fsp3) is 0.133. The highest BCUT2D eigenvalue weighted by Gasteiger charge is 2.06. The van der Waals surface area contributed by atoms with Crippen molar-refractivity contribution in [3.8, 4) is 0 Å². The van der Waals surface area contributed by atoms with Gasteiger partial charge in [-0.15, -0.1) is 0 Å². The summed E-state index contributed by atoms with van der Waals surface area (Å²) in [5, 5.41) is 11.6. The number of rotatable bonds is 5. The summed E-state index contributed by atoms with van der Waals surface area (Å²) in [7, 11) is 0. The number of aromatic nitrogens is 1. The van der Waals surface area contributed by atoms with Crippen LogP contribution in [0.5, 0.6) is 0 Å². The van der Waals surface area contributed by atoms with Crippen molar-refractivity contribution in [1.82, 2.24) is 4.98 Å². The first-order valence-corrected chi connectivity index (χ1v) is 6.17.